The van der Waals surface area contributed by atoms with E-state index < -0.39 is 10.0 Å². The van der Waals surface area contributed by atoms with E-state index in [1.54, 1.807) is 6.07 Å². The fourth-order valence-electron chi connectivity index (χ4n) is 3.34. The van der Waals surface area contributed by atoms with Gasteiger partial charge in [0, 0.05) is 12.1 Å². The first-order valence-corrected chi connectivity index (χ1v) is 10.1. The van der Waals surface area contributed by atoms with Crippen LogP contribution in [-0.2, 0) is 10.0 Å². The number of hydrogen-bond acceptors (Lipinski definition) is 3. The summed E-state index contributed by atoms with van der Waals surface area (Å²) in [6, 6.07) is 17.2. The van der Waals surface area contributed by atoms with Crippen LogP contribution in [0, 0.1) is 5.92 Å². The van der Waals surface area contributed by atoms with Crippen molar-refractivity contribution < 1.29 is 13.2 Å². The largest absolute Gasteiger partial charge is 0.293 e. The summed E-state index contributed by atoms with van der Waals surface area (Å²) in [5, 5.41) is -0.379. The highest BCUT2D eigenvalue weighted by molar-refractivity contribution is 7.90. The third-order valence-corrected chi connectivity index (χ3v) is 7.34. The molecule has 25 heavy (non-hydrogen) atoms. The van der Waals surface area contributed by atoms with Crippen LogP contribution < -0.4 is 0 Å². The van der Waals surface area contributed by atoms with Crippen LogP contribution >= 0.6 is 0 Å². The minimum absolute atomic E-state index is 0.0616. The Labute approximate surface area is 149 Å². The Balaban J connectivity index is 1.79. The summed E-state index contributed by atoms with van der Waals surface area (Å²) in [6.07, 6.45) is 0.595. The zero-order chi connectivity index (χ0) is 18.0. The molecule has 132 valence electrons. The van der Waals surface area contributed by atoms with E-state index in [0.29, 0.717) is 18.5 Å². The molecule has 1 heterocycles. The van der Waals surface area contributed by atoms with E-state index >= 15 is 0 Å². The number of sulfonamides is 1. The van der Waals surface area contributed by atoms with E-state index in [9.17, 15) is 13.2 Å². The number of rotatable bonds is 5. The van der Waals surface area contributed by atoms with Gasteiger partial charge >= 0.3 is 0 Å². The average molecular weight is 357 g/mol. The molecule has 2 aromatic carbocycles. The molecule has 4 nitrogen and oxygen atoms in total. The predicted octanol–water partition coefficient (Wildman–Crippen LogP) is 3.60. The van der Waals surface area contributed by atoms with Crippen LogP contribution in [0.3, 0.4) is 0 Å². The second kappa shape index (κ2) is 7.10. The molecule has 0 aromatic heterocycles. The Morgan fingerprint density at radius 3 is 2.40 bits per heavy atom. The van der Waals surface area contributed by atoms with Crippen molar-refractivity contribution in [2.45, 2.75) is 25.5 Å². The first-order valence-electron chi connectivity index (χ1n) is 8.57. The van der Waals surface area contributed by atoms with E-state index in [1.807, 2.05) is 62.4 Å². The van der Waals surface area contributed by atoms with E-state index in [-0.39, 0.29) is 23.5 Å². The van der Waals surface area contributed by atoms with Crippen molar-refractivity contribution in [1.29, 1.82) is 0 Å². The van der Waals surface area contributed by atoms with Crippen molar-refractivity contribution in [3.63, 3.8) is 0 Å². The number of benzene rings is 2. The van der Waals surface area contributed by atoms with Gasteiger partial charge in [-0.05, 0) is 29.5 Å². The van der Waals surface area contributed by atoms with Crippen molar-refractivity contribution in [2.75, 3.05) is 13.1 Å². The maximum Gasteiger partial charge on any atom is 0.217 e. The molecule has 1 aliphatic heterocycles. The average Bonchev–Trinajstić information content (AvgIpc) is 2.90. The van der Waals surface area contributed by atoms with Gasteiger partial charge < -0.3 is 0 Å². The number of carbonyl (C=O) groups is 1. The summed E-state index contributed by atoms with van der Waals surface area (Å²) in [6.45, 7) is 4.17. The molecule has 1 atom stereocenters. The number of nitrogens with zero attached hydrogens (tertiary/aromatic N) is 1. The zero-order valence-electron chi connectivity index (χ0n) is 14.6. The SMILES string of the molecule is CC(C)C1CCN(CC(=O)c2cccc(-c3ccccc3)c2)S1(=O)=O. The van der Waals surface area contributed by atoms with Crippen LogP contribution in [0.15, 0.2) is 54.6 Å². The van der Waals surface area contributed by atoms with Gasteiger partial charge in [-0.1, -0.05) is 62.4 Å². The van der Waals surface area contributed by atoms with Crippen LogP contribution in [0.25, 0.3) is 11.1 Å². The van der Waals surface area contributed by atoms with E-state index in [1.165, 1.54) is 4.31 Å². The summed E-state index contributed by atoms with van der Waals surface area (Å²) in [7, 11) is -3.38. The second-order valence-electron chi connectivity index (χ2n) is 6.82. The first-order chi connectivity index (χ1) is 11.9. The quantitative estimate of drug-likeness (QED) is 0.768. The Bertz CT molecular complexity index is 860. The van der Waals surface area contributed by atoms with Crippen molar-refractivity contribution in [3.05, 3.63) is 60.2 Å². The molecule has 3 rings (SSSR count). The molecule has 2 aromatic rings. The highest BCUT2D eigenvalue weighted by Gasteiger charge is 2.41. The summed E-state index contributed by atoms with van der Waals surface area (Å²) < 4.78 is 26.5. The van der Waals surface area contributed by atoms with Crippen LogP contribution in [0.5, 0.6) is 0 Å². The van der Waals surface area contributed by atoms with Crippen molar-refractivity contribution >= 4 is 15.8 Å². The third-order valence-electron chi connectivity index (χ3n) is 4.76. The first kappa shape index (κ1) is 17.8. The smallest absolute Gasteiger partial charge is 0.217 e. The van der Waals surface area contributed by atoms with Crippen LogP contribution in [0.1, 0.15) is 30.6 Å². The fourth-order valence-corrected chi connectivity index (χ4v) is 5.47. The molecule has 1 fully saturated rings. The molecule has 0 bridgehead atoms. The van der Waals surface area contributed by atoms with Gasteiger partial charge in [0.05, 0.1) is 11.8 Å². The Morgan fingerprint density at radius 1 is 1.08 bits per heavy atom. The summed E-state index contributed by atoms with van der Waals surface area (Å²) in [4.78, 5) is 12.6. The molecule has 0 saturated carbocycles. The zero-order valence-corrected chi connectivity index (χ0v) is 15.4. The van der Waals surface area contributed by atoms with Crippen molar-refractivity contribution in [3.8, 4) is 11.1 Å². The maximum absolute atomic E-state index is 12.6. The van der Waals surface area contributed by atoms with E-state index in [4.69, 9.17) is 0 Å². The van der Waals surface area contributed by atoms with E-state index in [0.717, 1.165) is 11.1 Å². The lowest BCUT2D eigenvalue weighted by Gasteiger charge is -2.18. The normalized spacial score (nSPS) is 20.0. The molecular weight excluding hydrogens is 334 g/mol. The van der Waals surface area contributed by atoms with Gasteiger partial charge in [0.15, 0.2) is 5.78 Å². The van der Waals surface area contributed by atoms with Gasteiger partial charge in [0.1, 0.15) is 0 Å². The predicted molar refractivity (Wildman–Crippen MR) is 99.9 cm³/mol. The molecule has 1 unspecified atom stereocenters. The minimum atomic E-state index is -3.38. The van der Waals surface area contributed by atoms with Gasteiger partial charge in [0.25, 0.3) is 0 Å². The van der Waals surface area contributed by atoms with Crippen LogP contribution in [-0.4, -0.2) is 36.8 Å². The molecular formula is C20H23NO3S. The molecule has 1 saturated heterocycles. The van der Waals surface area contributed by atoms with Crippen molar-refractivity contribution in [2.24, 2.45) is 5.92 Å². The van der Waals surface area contributed by atoms with Crippen molar-refractivity contribution in [1.82, 2.24) is 4.31 Å². The van der Waals surface area contributed by atoms with E-state index in [2.05, 4.69) is 0 Å². The molecule has 0 spiro atoms. The van der Waals surface area contributed by atoms with Gasteiger partial charge in [-0.15, -0.1) is 0 Å². The lowest BCUT2D eigenvalue weighted by Crippen LogP contribution is -2.35. The topological polar surface area (TPSA) is 54.5 Å². The lowest BCUT2D eigenvalue weighted by molar-refractivity contribution is 0.0969. The van der Waals surface area contributed by atoms with Gasteiger partial charge in [-0.3, -0.25) is 4.79 Å². The summed E-state index contributed by atoms with van der Waals surface area (Å²) in [5.41, 5.74) is 2.53. The third kappa shape index (κ3) is 3.67. The number of carbonyl (C=O) groups excluding carboxylic acids is 1. The fraction of sp³-hybridized carbons (Fsp3) is 0.350. The van der Waals surface area contributed by atoms with Crippen LogP contribution in [0.4, 0.5) is 0 Å². The molecule has 5 heteroatoms. The Kier molecular flexibility index (Phi) is 5.06. The number of Topliss-reactive ketones (excluding diaryl/α,β-unsaturated/α-hetero) is 1. The molecule has 0 aliphatic carbocycles. The molecule has 0 radical (unpaired) electrons. The standard InChI is InChI=1S/C20H23NO3S/c1-15(2)20-11-12-21(25(20,23)24)14-19(22)18-10-6-9-17(13-18)16-7-4-3-5-8-16/h3-10,13,15,20H,11-12,14H2,1-2H3. The second-order valence-corrected chi connectivity index (χ2v) is 8.97. The summed E-state index contributed by atoms with van der Waals surface area (Å²) in [5.74, 6) is -0.0997. The van der Waals surface area contributed by atoms with Gasteiger partial charge in [-0.2, -0.15) is 4.31 Å². The number of ketones is 1. The monoisotopic (exact) mass is 357 g/mol. The Hall–Kier alpha value is -1.98. The molecule has 0 amide bonds. The number of hydrogen-bond donors (Lipinski definition) is 0. The van der Waals surface area contributed by atoms with Crippen LogP contribution in [0.2, 0.25) is 0 Å². The van der Waals surface area contributed by atoms with Gasteiger partial charge in [-0.25, -0.2) is 8.42 Å². The maximum atomic E-state index is 12.6. The molecule has 1 aliphatic rings. The lowest BCUT2D eigenvalue weighted by atomic mass is 10.0. The minimum Gasteiger partial charge on any atom is -0.293 e. The highest BCUT2D eigenvalue weighted by Crippen LogP contribution is 2.28. The highest BCUT2D eigenvalue weighted by atomic mass is 32.2. The summed E-state index contributed by atoms with van der Waals surface area (Å²) >= 11 is 0. The van der Waals surface area contributed by atoms with Gasteiger partial charge in [0.2, 0.25) is 10.0 Å². The Morgan fingerprint density at radius 2 is 1.76 bits per heavy atom. The molecule has 0 N–H and O–H groups in total.